The van der Waals surface area contributed by atoms with Crippen molar-refractivity contribution in [2.24, 2.45) is 0 Å². The summed E-state index contributed by atoms with van der Waals surface area (Å²) in [5, 5.41) is 15.9. The summed E-state index contributed by atoms with van der Waals surface area (Å²) in [6.45, 7) is 0. The van der Waals surface area contributed by atoms with Crippen molar-refractivity contribution in [3.8, 4) is 0 Å². The Morgan fingerprint density at radius 2 is 1.96 bits per heavy atom. The lowest BCUT2D eigenvalue weighted by Crippen LogP contribution is -2.38. The molecule has 0 saturated carbocycles. The maximum atomic E-state index is 12.9. The largest absolute Gasteiger partial charge is 0.329 e. The van der Waals surface area contributed by atoms with Crippen molar-refractivity contribution in [2.45, 2.75) is 31.1 Å². The molecule has 4 rings (SSSR count). The van der Waals surface area contributed by atoms with E-state index in [0.29, 0.717) is 29.7 Å². The number of nitro groups is 1. The molecule has 1 amide bonds. The number of nitrogens with zero attached hydrogens (tertiary/aromatic N) is 1. The van der Waals surface area contributed by atoms with Crippen molar-refractivity contribution < 1.29 is 14.5 Å². The summed E-state index contributed by atoms with van der Waals surface area (Å²) in [5.74, 6) is -0.484. The number of nitrogens with one attached hydrogen (secondary N) is 1. The Balaban J connectivity index is 1.74. The number of hydrogen-bond acceptors (Lipinski definition) is 5. The standard InChI is InChI=1S/C19H16N2O4S/c22-16-9-12(17-5-2-6-26-17)8-15-19(16)14(10-18(23)20-15)11-3-1-4-13(7-11)21(24)25/h1-7,12,14H,8-10H2,(H,20,23)/t12-,14-/m1/s1. The molecule has 2 aliphatic rings. The van der Waals surface area contributed by atoms with Gasteiger partial charge >= 0.3 is 0 Å². The number of ketones is 1. The van der Waals surface area contributed by atoms with Crippen LogP contribution in [0, 0.1) is 10.1 Å². The van der Waals surface area contributed by atoms with E-state index in [1.807, 2.05) is 17.5 Å². The highest BCUT2D eigenvalue weighted by molar-refractivity contribution is 7.10. The first kappa shape index (κ1) is 16.7. The van der Waals surface area contributed by atoms with Gasteiger partial charge in [0.05, 0.1) is 4.92 Å². The van der Waals surface area contributed by atoms with Gasteiger partial charge in [-0.2, -0.15) is 0 Å². The highest BCUT2D eigenvalue weighted by atomic mass is 32.1. The fourth-order valence-electron chi connectivity index (χ4n) is 3.82. The summed E-state index contributed by atoms with van der Waals surface area (Å²) in [6.07, 6.45) is 1.15. The fourth-order valence-corrected chi connectivity index (χ4v) is 4.66. The number of carbonyl (C=O) groups is 2. The molecular formula is C19H16N2O4S. The van der Waals surface area contributed by atoms with Gasteiger partial charge in [0.15, 0.2) is 5.78 Å². The Labute approximate surface area is 153 Å². The van der Waals surface area contributed by atoms with Crippen molar-refractivity contribution in [3.05, 3.63) is 73.6 Å². The van der Waals surface area contributed by atoms with Crippen LogP contribution in [0.15, 0.2) is 53.0 Å². The Morgan fingerprint density at radius 3 is 2.69 bits per heavy atom. The Morgan fingerprint density at radius 1 is 1.12 bits per heavy atom. The quantitative estimate of drug-likeness (QED) is 0.661. The lowest BCUT2D eigenvalue weighted by atomic mass is 9.74. The molecular weight excluding hydrogens is 352 g/mol. The van der Waals surface area contributed by atoms with E-state index in [0.717, 1.165) is 4.88 Å². The van der Waals surface area contributed by atoms with Gasteiger partial charge in [-0.15, -0.1) is 11.3 Å². The van der Waals surface area contributed by atoms with E-state index in [9.17, 15) is 19.7 Å². The van der Waals surface area contributed by atoms with Crippen LogP contribution in [0.5, 0.6) is 0 Å². The number of nitro benzene ring substituents is 1. The van der Waals surface area contributed by atoms with Gasteiger partial charge in [-0.05, 0) is 23.4 Å². The molecule has 2 aromatic rings. The predicted octanol–water partition coefficient (Wildman–Crippen LogP) is 3.66. The number of carbonyl (C=O) groups excluding carboxylic acids is 2. The van der Waals surface area contributed by atoms with Crippen LogP contribution in [0.2, 0.25) is 0 Å². The Kier molecular flexibility index (Phi) is 4.16. The number of hydrogen-bond donors (Lipinski definition) is 1. The van der Waals surface area contributed by atoms with Gasteiger partial charge in [0.2, 0.25) is 5.91 Å². The monoisotopic (exact) mass is 368 g/mol. The molecule has 6 nitrogen and oxygen atoms in total. The molecule has 1 N–H and O–H groups in total. The average molecular weight is 368 g/mol. The van der Waals surface area contributed by atoms with E-state index in [4.69, 9.17) is 0 Å². The third kappa shape index (κ3) is 2.94. The first-order chi connectivity index (χ1) is 12.5. The molecule has 2 heterocycles. The van der Waals surface area contributed by atoms with Gasteiger partial charge in [-0.3, -0.25) is 19.7 Å². The third-order valence-corrected chi connectivity index (χ3v) is 6.00. The molecule has 1 aromatic carbocycles. The van der Waals surface area contributed by atoms with Crippen LogP contribution < -0.4 is 5.32 Å². The minimum atomic E-state index is -0.461. The van der Waals surface area contributed by atoms with Crippen LogP contribution >= 0.6 is 11.3 Å². The number of rotatable bonds is 3. The number of thiophene rings is 1. The highest BCUT2D eigenvalue weighted by Gasteiger charge is 2.38. The minimum absolute atomic E-state index is 0.0150. The van der Waals surface area contributed by atoms with Crippen molar-refractivity contribution in [2.75, 3.05) is 0 Å². The zero-order valence-electron chi connectivity index (χ0n) is 13.8. The first-order valence-electron chi connectivity index (χ1n) is 8.36. The lowest BCUT2D eigenvalue weighted by molar-refractivity contribution is -0.384. The third-order valence-electron chi connectivity index (χ3n) is 4.97. The topological polar surface area (TPSA) is 89.3 Å². The number of amides is 1. The van der Waals surface area contributed by atoms with Crippen LogP contribution in [0.25, 0.3) is 0 Å². The van der Waals surface area contributed by atoms with Crippen LogP contribution in [-0.2, 0) is 9.59 Å². The van der Waals surface area contributed by atoms with Crippen molar-refractivity contribution in [3.63, 3.8) is 0 Å². The molecule has 1 aromatic heterocycles. The van der Waals surface area contributed by atoms with Crippen molar-refractivity contribution >= 4 is 28.7 Å². The second kappa shape index (κ2) is 6.49. The maximum absolute atomic E-state index is 12.9. The number of non-ortho nitro benzene ring substituents is 1. The van der Waals surface area contributed by atoms with Gasteiger partial charge in [-0.1, -0.05) is 18.2 Å². The second-order valence-corrected chi connectivity index (χ2v) is 7.57. The molecule has 132 valence electrons. The zero-order valence-corrected chi connectivity index (χ0v) is 14.6. The van der Waals surface area contributed by atoms with E-state index in [-0.39, 0.29) is 29.7 Å². The number of Topliss-reactive ketones (excluding diaryl/α,β-unsaturated/α-hetero) is 1. The van der Waals surface area contributed by atoms with Crippen LogP contribution in [0.4, 0.5) is 5.69 Å². The SMILES string of the molecule is O=C1C[C@H](c2cccc([N+](=O)[O-])c2)C2=C(C[C@@H](c3cccs3)CC2=O)N1. The van der Waals surface area contributed by atoms with Gasteiger partial charge in [0, 0.05) is 53.0 Å². The summed E-state index contributed by atoms with van der Waals surface area (Å²) in [5.41, 5.74) is 1.89. The van der Waals surface area contributed by atoms with Crippen LogP contribution in [-0.4, -0.2) is 16.6 Å². The van der Waals surface area contributed by atoms with E-state index < -0.39 is 10.8 Å². The summed E-state index contributed by atoms with van der Waals surface area (Å²) >= 11 is 1.61. The summed E-state index contributed by atoms with van der Waals surface area (Å²) in [6, 6.07) is 10.2. The predicted molar refractivity (Wildman–Crippen MR) is 96.9 cm³/mol. The molecule has 0 spiro atoms. The second-order valence-electron chi connectivity index (χ2n) is 6.59. The van der Waals surface area contributed by atoms with Crippen LogP contribution in [0.3, 0.4) is 0 Å². The molecule has 0 bridgehead atoms. The smallest absolute Gasteiger partial charge is 0.269 e. The molecule has 1 aliphatic heterocycles. The molecule has 0 saturated heterocycles. The summed E-state index contributed by atoms with van der Waals surface area (Å²) < 4.78 is 0. The van der Waals surface area contributed by atoms with E-state index in [1.165, 1.54) is 12.1 Å². The normalized spacial score (nSPS) is 22.8. The van der Waals surface area contributed by atoms with E-state index in [2.05, 4.69) is 5.32 Å². The average Bonchev–Trinajstić information content (AvgIpc) is 3.15. The molecule has 1 aliphatic carbocycles. The first-order valence-corrected chi connectivity index (χ1v) is 9.24. The highest BCUT2D eigenvalue weighted by Crippen LogP contribution is 2.43. The minimum Gasteiger partial charge on any atom is -0.329 e. The van der Waals surface area contributed by atoms with Crippen molar-refractivity contribution in [1.82, 2.24) is 5.32 Å². The number of benzene rings is 1. The Hall–Kier alpha value is -2.80. The number of allylic oxidation sites excluding steroid dienone is 2. The molecule has 0 fully saturated rings. The van der Waals surface area contributed by atoms with Gasteiger partial charge in [-0.25, -0.2) is 0 Å². The van der Waals surface area contributed by atoms with E-state index >= 15 is 0 Å². The molecule has 7 heteroatoms. The Bertz CT molecular complexity index is 933. The maximum Gasteiger partial charge on any atom is 0.269 e. The van der Waals surface area contributed by atoms with Gasteiger partial charge < -0.3 is 5.32 Å². The summed E-state index contributed by atoms with van der Waals surface area (Å²) in [4.78, 5) is 36.9. The van der Waals surface area contributed by atoms with E-state index in [1.54, 1.807) is 23.5 Å². The fraction of sp³-hybridized carbons (Fsp3) is 0.263. The lowest BCUT2D eigenvalue weighted by Gasteiger charge is -2.34. The summed E-state index contributed by atoms with van der Waals surface area (Å²) in [7, 11) is 0. The van der Waals surface area contributed by atoms with Crippen molar-refractivity contribution in [1.29, 1.82) is 0 Å². The molecule has 0 radical (unpaired) electrons. The molecule has 0 unspecified atom stereocenters. The zero-order chi connectivity index (χ0) is 18.3. The molecule has 26 heavy (non-hydrogen) atoms. The molecule has 2 atom stereocenters. The van der Waals surface area contributed by atoms with Gasteiger partial charge in [0.1, 0.15) is 0 Å². The van der Waals surface area contributed by atoms with Gasteiger partial charge in [0.25, 0.3) is 5.69 Å². The van der Waals surface area contributed by atoms with Crippen LogP contribution in [0.1, 0.15) is 41.5 Å².